The van der Waals surface area contributed by atoms with E-state index in [1.165, 1.54) is 24.3 Å². The van der Waals surface area contributed by atoms with E-state index in [0.717, 1.165) is 25.2 Å². The van der Waals surface area contributed by atoms with Crippen LogP contribution in [-0.4, -0.2) is 34.8 Å². The number of rotatable bonds is 2. The van der Waals surface area contributed by atoms with E-state index in [-0.39, 0.29) is 11.7 Å². The molecular weight excluding hydrogens is 246 g/mol. The van der Waals surface area contributed by atoms with Crippen LogP contribution in [-0.2, 0) is 4.74 Å². The molecule has 1 spiro atoms. The van der Waals surface area contributed by atoms with E-state index in [1.807, 2.05) is 23.9 Å². The van der Waals surface area contributed by atoms with Crippen molar-refractivity contribution in [1.82, 2.24) is 4.98 Å². The van der Waals surface area contributed by atoms with Crippen molar-refractivity contribution >= 4 is 11.8 Å². The van der Waals surface area contributed by atoms with Gasteiger partial charge in [-0.1, -0.05) is 0 Å². The standard InChI is InChI=1S/C14H19NO2S/c1-2-13(11-15-6-1)17-12-3-7-16-14(10-12)4-8-18-9-5-14/h1-2,6,11-12H,3-5,7-10H2. The summed E-state index contributed by atoms with van der Waals surface area (Å²) in [5, 5.41) is 0. The second kappa shape index (κ2) is 5.49. The van der Waals surface area contributed by atoms with Crippen LogP contribution in [0.3, 0.4) is 0 Å². The van der Waals surface area contributed by atoms with Crippen molar-refractivity contribution in [3.63, 3.8) is 0 Å². The first-order valence-corrected chi connectivity index (χ1v) is 7.80. The average Bonchev–Trinajstić information content (AvgIpc) is 2.41. The summed E-state index contributed by atoms with van der Waals surface area (Å²) in [6.07, 6.45) is 8.21. The fraction of sp³-hybridized carbons (Fsp3) is 0.643. The van der Waals surface area contributed by atoms with Gasteiger partial charge >= 0.3 is 0 Å². The minimum atomic E-state index is 0.0936. The fourth-order valence-electron chi connectivity index (χ4n) is 2.78. The third-order valence-electron chi connectivity index (χ3n) is 3.79. The first-order chi connectivity index (χ1) is 8.86. The molecule has 98 valence electrons. The van der Waals surface area contributed by atoms with E-state index >= 15 is 0 Å². The van der Waals surface area contributed by atoms with Gasteiger partial charge < -0.3 is 9.47 Å². The van der Waals surface area contributed by atoms with Crippen molar-refractivity contribution in [1.29, 1.82) is 0 Å². The molecule has 3 heterocycles. The lowest BCUT2D eigenvalue weighted by atomic mass is 9.86. The topological polar surface area (TPSA) is 31.4 Å². The van der Waals surface area contributed by atoms with Crippen molar-refractivity contribution in [3.05, 3.63) is 24.5 Å². The van der Waals surface area contributed by atoms with Crippen LogP contribution in [0.4, 0.5) is 0 Å². The highest BCUT2D eigenvalue weighted by Crippen LogP contribution is 2.38. The Labute approximate surface area is 112 Å². The molecule has 2 saturated heterocycles. The van der Waals surface area contributed by atoms with Crippen molar-refractivity contribution in [2.45, 2.75) is 37.4 Å². The molecule has 0 saturated carbocycles. The number of nitrogens with zero attached hydrogens (tertiary/aromatic N) is 1. The highest BCUT2D eigenvalue weighted by Gasteiger charge is 2.39. The minimum Gasteiger partial charge on any atom is -0.489 e. The van der Waals surface area contributed by atoms with E-state index in [0.29, 0.717) is 0 Å². The summed E-state index contributed by atoms with van der Waals surface area (Å²) in [7, 11) is 0. The number of aromatic nitrogens is 1. The van der Waals surface area contributed by atoms with E-state index in [9.17, 15) is 0 Å². The fourth-order valence-corrected chi connectivity index (χ4v) is 4.02. The minimum absolute atomic E-state index is 0.0936. The first-order valence-electron chi connectivity index (χ1n) is 6.65. The molecule has 4 heteroatoms. The maximum Gasteiger partial charge on any atom is 0.138 e. The van der Waals surface area contributed by atoms with E-state index in [2.05, 4.69) is 4.98 Å². The summed E-state index contributed by atoms with van der Waals surface area (Å²) in [5.41, 5.74) is 0.0936. The molecule has 2 fully saturated rings. The number of pyridine rings is 1. The van der Waals surface area contributed by atoms with Crippen LogP contribution < -0.4 is 4.74 Å². The molecule has 1 aromatic rings. The predicted octanol–water partition coefficient (Wildman–Crippen LogP) is 2.91. The number of hydrogen-bond donors (Lipinski definition) is 0. The number of ether oxygens (including phenoxy) is 2. The highest BCUT2D eigenvalue weighted by atomic mass is 32.2. The molecule has 3 rings (SSSR count). The predicted molar refractivity (Wildman–Crippen MR) is 73.1 cm³/mol. The molecule has 2 aliphatic heterocycles. The Kier molecular flexibility index (Phi) is 3.75. The molecule has 1 aromatic heterocycles. The quantitative estimate of drug-likeness (QED) is 0.823. The van der Waals surface area contributed by atoms with Gasteiger partial charge in [-0.15, -0.1) is 0 Å². The zero-order valence-corrected chi connectivity index (χ0v) is 11.3. The van der Waals surface area contributed by atoms with E-state index < -0.39 is 0 Å². The second-order valence-electron chi connectivity index (χ2n) is 5.07. The molecule has 2 aliphatic rings. The zero-order chi connectivity index (χ0) is 12.3. The Bertz CT molecular complexity index is 373. The highest BCUT2D eigenvalue weighted by molar-refractivity contribution is 7.99. The molecule has 1 unspecified atom stereocenters. The van der Waals surface area contributed by atoms with Crippen LogP contribution in [0, 0.1) is 0 Å². The monoisotopic (exact) mass is 265 g/mol. The SMILES string of the molecule is c1cncc(OC2CCOC3(CCSCC3)C2)c1. The van der Waals surface area contributed by atoms with Gasteiger partial charge in [-0.25, -0.2) is 0 Å². The molecule has 0 aliphatic carbocycles. The largest absolute Gasteiger partial charge is 0.489 e. The van der Waals surface area contributed by atoms with Gasteiger partial charge in [0.15, 0.2) is 0 Å². The van der Waals surface area contributed by atoms with Crippen molar-refractivity contribution in [2.24, 2.45) is 0 Å². The summed E-state index contributed by atoms with van der Waals surface area (Å²) < 4.78 is 12.1. The number of hydrogen-bond acceptors (Lipinski definition) is 4. The lowest BCUT2D eigenvalue weighted by Crippen LogP contribution is -2.46. The normalized spacial score (nSPS) is 27.0. The maximum atomic E-state index is 6.07. The Morgan fingerprint density at radius 3 is 3.06 bits per heavy atom. The molecule has 1 atom stereocenters. The number of thioether (sulfide) groups is 1. The average molecular weight is 265 g/mol. The van der Waals surface area contributed by atoms with Gasteiger partial charge in [0.25, 0.3) is 0 Å². The maximum absolute atomic E-state index is 6.07. The lowest BCUT2D eigenvalue weighted by Gasteiger charge is -2.43. The molecule has 0 amide bonds. The van der Waals surface area contributed by atoms with E-state index in [4.69, 9.17) is 9.47 Å². The van der Waals surface area contributed by atoms with Crippen molar-refractivity contribution in [2.75, 3.05) is 18.1 Å². The molecule has 0 bridgehead atoms. The van der Waals surface area contributed by atoms with Crippen molar-refractivity contribution in [3.8, 4) is 5.75 Å². The molecule has 0 N–H and O–H groups in total. The van der Waals surface area contributed by atoms with E-state index in [1.54, 1.807) is 12.4 Å². The van der Waals surface area contributed by atoms with Gasteiger partial charge in [0, 0.05) is 19.0 Å². The first kappa shape index (κ1) is 12.3. The third-order valence-corrected chi connectivity index (χ3v) is 4.77. The summed E-state index contributed by atoms with van der Waals surface area (Å²) in [6, 6.07) is 3.90. The third kappa shape index (κ3) is 2.81. The van der Waals surface area contributed by atoms with Crippen LogP contribution in [0.5, 0.6) is 5.75 Å². The molecule has 3 nitrogen and oxygen atoms in total. The second-order valence-corrected chi connectivity index (χ2v) is 6.29. The summed E-state index contributed by atoms with van der Waals surface area (Å²) in [6.45, 7) is 0.829. The van der Waals surface area contributed by atoms with Gasteiger partial charge in [0.1, 0.15) is 11.9 Å². The van der Waals surface area contributed by atoms with Crippen molar-refractivity contribution < 1.29 is 9.47 Å². The van der Waals surface area contributed by atoms with Gasteiger partial charge in [-0.3, -0.25) is 4.98 Å². The summed E-state index contributed by atoms with van der Waals surface area (Å²) >= 11 is 2.04. The Morgan fingerprint density at radius 1 is 1.39 bits per heavy atom. The molecular formula is C14H19NO2S. The van der Waals surface area contributed by atoms with Gasteiger partial charge in [-0.05, 0) is 36.5 Å². The Hall–Kier alpha value is -0.740. The lowest BCUT2D eigenvalue weighted by molar-refractivity contribution is -0.116. The summed E-state index contributed by atoms with van der Waals surface area (Å²) in [5.74, 6) is 3.32. The Morgan fingerprint density at radius 2 is 2.28 bits per heavy atom. The zero-order valence-electron chi connectivity index (χ0n) is 10.5. The molecule has 0 radical (unpaired) electrons. The smallest absolute Gasteiger partial charge is 0.138 e. The van der Waals surface area contributed by atoms with Crippen LogP contribution in [0.15, 0.2) is 24.5 Å². The van der Waals surface area contributed by atoms with Crippen LogP contribution in [0.25, 0.3) is 0 Å². The van der Waals surface area contributed by atoms with Gasteiger partial charge in [0.05, 0.1) is 18.4 Å². The molecule has 18 heavy (non-hydrogen) atoms. The van der Waals surface area contributed by atoms with Crippen LogP contribution in [0.1, 0.15) is 25.7 Å². The van der Waals surface area contributed by atoms with Crippen LogP contribution in [0.2, 0.25) is 0 Å². The Balaban J connectivity index is 1.63. The summed E-state index contributed by atoms with van der Waals surface area (Å²) in [4.78, 5) is 4.09. The van der Waals surface area contributed by atoms with Crippen LogP contribution >= 0.6 is 11.8 Å². The van der Waals surface area contributed by atoms with Gasteiger partial charge in [0.2, 0.25) is 0 Å². The molecule has 0 aromatic carbocycles. The van der Waals surface area contributed by atoms with Gasteiger partial charge in [-0.2, -0.15) is 11.8 Å².